The van der Waals surface area contributed by atoms with E-state index in [1.54, 1.807) is 16.3 Å². The van der Waals surface area contributed by atoms with Crippen molar-refractivity contribution in [2.24, 2.45) is 0 Å². The Morgan fingerprint density at radius 1 is 1.00 bits per heavy atom. The van der Waals surface area contributed by atoms with Crippen molar-refractivity contribution in [2.75, 3.05) is 5.32 Å². The summed E-state index contributed by atoms with van der Waals surface area (Å²) in [5.74, 6) is 0.486. The number of benzene rings is 3. The van der Waals surface area contributed by atoms with Crippen LogP contribution in [0, 0.1) is 25.5 Å². The van der Waals surface area contributed by atoms with E-state index in [-0.39, 0.29) is 12.5 Å². The maximum absolute atomic E-state index is 12.7. The molecule has 0 saturated carbocycles. The van der Waals surface area contributed by atoms with E-state index in [2.05, 4.69) is 47.6 Å². The predicted molar refractivity (Wildman–Crippen MR) is 133 cm³/mol. The van der Waals surface area contributed by atoms with E-state index >= 15 is 0 Å². The third-order valence-electron chi connectivity index (χ3n) is 5.19. The van der Waals surface area contributed by atoms with Crippen LogP contribution in [0.5, 0.6) is 0 Å². The average Bonchev–Trinajstić information content (AvgIpc) is 3.12. The molecule has 2 N–H and O–H groups in total. The fourth-order valence-corrected chi connectivity index (χ4v) is 4.45. The van der Waals surface area contributed by atoms with Crippen LogP contribution in [0.1, 0.15) is 16.7 Å². The van der Waals surface area contributed by atoms with Gasteiger partial charge < -0.3 is 5.32 Å². The Bertz CT molecular complexity index is 1320. The number of nitrogens with one attached hydrogen (secondary N) is 2. The maximum Gasteiger partial charge on any atom is 0.244 e. The Hall–Kier alpha value is -3.16. The zero-order chi connectivity index (χ0) is 22.7. The number of hydrogen-bond acceptors (Lipinski definition) is 4. The summed E-state index contributed by atoms with van der Waals surface area (Å²) in [5, 5.41) is 10.1. The number of anilines is 1. The number of aromatic amines is 1. The summed E-state index contributed by atoms with van der Waals surface area (Å²) in [6.45, 7) is 6.33. The molecule has 0 aliphatic rings. The summed E-state index contributed by atoms with van der Waals surface area (Å²) in [6.07, 6.45) is 0. The van der Waals surface area contributed by atoms with Gasteiger partial charge in [0.25, 0.3) is 0 Å². The topological polar surface area (TPSA) is 62.7 Å². The molecule has 0 aliphatic carbocycles. The average molecular weight is 461 g/mol. The van der Waals surface area contributed by atoms with Crippen LogP contribution in [-0.2, 0) is 11.3 Å². The molecule has 1 heterocycles. The van der Waals surface area contributed by atoms with Gasteiger partial charge in [0.1, 0.15) is 6.54 Å². The number of H-pyrrole nitrogens is 1. The van der Waals surface area contributed by atoms with Gasteiger partial charge >= 0.3 is 0 Å². The number of amides is 1. The molecule has 1 aromatic heterocycles. The second-order valence-corrected chi connectivity index (χ2v) is 9.26. The number of carbonyl (C=O) groups is 1. The molecule has 0 saturated heterocycles. The van der Waals surface area contributed by atoms with Gasteiger partial charge in [-0.1, -0.05) is 41.6 Å². The second kappa shape index (κ2) is 9.54. The highest BCUT2D eigenvalue weighted by Crippen LogP contribution is 2.30. The fraction of sp³-hybridized carbons (Fsp3) is 0.160. The summed E-state index contributed by atoms with van der Waals surface area (Å²) in [4.78, 5) is 15.0. The lowest BCUT2D eigenvalue weighted by Gasteiger charge is -2.10. The molecule has 0 aliphatic heterocycles. The van der Waals surface area contributed by atoms with E-state index in [9.17, 15) is 4.79 Å². The molecule has 1 amide bonds. The van der Waals surface area contributed by atoms with Crippen LogP contribution < -0.4 is 5.32 Å². The number of hydrogen-bond donors (Lipinski definition) is 2. The van der Waals surface area contributed by atoms with Crippen molar-refractivity contribution in [2.45, 2.75) is 37.1 Å². The van der Waals surface area contributed by atoms with Gasteiger partial charge in [-0.3, -0.25) is 14.5 Å². The SMILES string of the molecule is Cc1cccc(-c2n[nH]c(=S)n2CC(=O)Nc2ccc(Sc3ccc(C)c(C)c3)cc2)c1. The molecule has 0 atom stereocenters. The van der Waals surface area contributed by atoms with E-state index in [0.29, 0.717) is 10.6 Å². The van der Waals surface area contributed by atoms with E-state index in [4.69, 9.17) is 12.2 Å². The van der Waals surface area contributed by atoms with Crippen LogP contribution in [0.4, 0.5) is 5.69 Å². The smallest absolute Gasteiger partial charge is 0.244 e. The highest BCUT2D eigenvalue weighted by Gasteiger charge is 2.13. The van der Waals surface area contributed by atoms with Gasteiger partial charge in [-0.15, -0.1) is 0 Å². The van der Waals surface area contributed by atoms with Gasteiger partial charge in [0, 0.05) is 21.0 Å². The normalized spacial score (nSPS) is 10.8. The zero-order valence-electron chi connectivity index (χ0n) is 18.2. The number of carbonyl (C=O) groups excluding carboxylic acids is 1. The Labute approximate surface area is 196 Å². The molecule has 0 fully saturated rings. The van der Waals surface area contributed by atoms with Crippen molar-refractivity contribution < 1.29 is 4.79 Å². The Kier molecular flexibility index (Phi) is 6.58. The van der Waals surface area contributed by atoms with Crippen molar-refractivity contribution in [1.82, 2.24) is 14.8 Å². The first-order chi connectivity index (χ1) is 15.4. The molecule has 4 aromatic rings. The predicted octanol–water partition coefficient (Wildman–Crippen LogP) is 6.32. The van der Waals surface area contributed by atoms with Gasteiger partial charge in [-0.05, 0) is 86.6 Å². The summed E-state index contributed by atoms with van der Waals surface area (Å²) in [7, 11) is 0. The van der Waals surface area contributed by atoms with Gasteiger partial charge in [-0.25, -0.2) is 0 Å². The van der Waals surface area contributed by atoms with Crippen LogP contribution in [-0.4, -0.2) is 20.7 Å². The molecule has 0 spiro atoms. The molecular weight excluding hydrogens is 436 g/mol. The third-order valence-corrected chi connectivity index (χ3v) is 6.50. The number of rotatable bonds is 6. The molecule has 5 nitrogen and oxygen atoms in total. The monoisotopic (exact) mass is 460 g/mol. The lowest BCUT2D eigenvalue weighted by molar-refractivity contribution is -0.116. The Morgan fingerprint density at radius 2 is 1.75 bits per heavy atom. The largest absolute Gasteiger partial charge is 0.325 e. The van der Waals surface area contributed by atoms with Crippen molar-refractivity contribution in [3.8, 4) is 11.4 Å². The summed E-state index contributed by atoms with van der Waals surface area (Å²) >= 11 is 7.05. The highest BCUT2D eigenvalue weighted by atomic mass is 32.2. The molecule has 32 heavy (non-hydrogen) atoms. The van der Waals surface area contributed by atoms with E-state index in [0.717, 1.165) is 21.7 Å². The van der Waals surface area contributed by atoms with Crippen molar-refractivity contribution in [3.05, 3.63) is 88.2 Å². The van der Waals surface area contributed by atoms with Crippen molar-refractivity contribution in [3.63, 3.8) is 0 Å². The zero-order valence-corrected chi connectivity index (χ0v) is 19.8. The van der Waals surface area contributed by atoms with Crippen molar-refractivity contribution in [1.29, 1.82) is 0 Å². The molecule has 0 bridgehead atoms. The number of nitrogens with zero attached hydrogens (tertiary/aromatic N) is 2. The maximum atomic E-state index is 12.7. The van der Waals surface area contributed by atoms with E-state index in [1.165, 1.54) is 16.0 Å². The van der Waals surface area contributed by atoms with Gasteiger partial charge in [-0.2, -0.15) is 5.10 Å². The fourth-order valence-electron chi connectivity index (χ4n) is 3.33. The molecule has 4 rings (SSSR count). The Morgan fingerprint density at radius 3 is 2.47 bits per heavy atom. The summed E-state index contributed by atoms with van der Waals surface area (Å²) in [6, 6.07) is 22.3. The third kappa shape index (κ3) is 5.18. The quantitative estimate of drug-likeness (QED) is 0.330. The molecular formula is C25H24N4OS2. The minimum absolute atomic E-state index is 0.0811. The first-order valence-corrected chi connectivity index (χ1v) is 11.5. The first kappa shape index (κ1) is 22.0. The van der Waals surface area contributed by atoms with Gasteiger partial charge in [0.05, 0.1) is 0 Å². The highest BCUT2D eigenvalue weighted by molar-refractivity contribution is 7.99. The van der Waals surface area contributed by atoms with Crippen LogP contribution in [0.15, 0.2) is 76.5 Å². The van der Waals surface area contributed by atoms with E-state index in [1.807, 2.05) is 55.5 Å². The van der Waals surface area contributed by atoms with E-state index < -0.39 is 0 Å². The molecule has 162 valence electrons. The van der Waals surface area contributed by atoms with Crippen molar-refractivity contribution >= 4 is 35.6 Å². The first-order valence-electron chi connectivity index (χ1n) is 10.3. The molecule has 0 radical (unpaired) electrons. The van der Waals surface area contributed by atoms with Crippen LogP contribution in [0.2, 0.25) is 0 Å². The summed E-state index contributed by atoms with van der Waals surface area (Å²) in [5.41, 5.74) is 5.34. The lowest BCUT2D eigenvalue weighted by atomic mass is 10.1. The standard InChI is InChI=1S/C25H24N4OS2/c1-16-5-4-6-19(13-16)24-27-28-25(31)29(24)15-23(30)26-20-8-11-21(12-9-20)32-22-10-7-17(2)18(3)14-22/h4-14H,15H2,1-3H3,(H,26,30)(H,28,31). The van der Waals surface area contributed by atoms with Gasteiger partial charge in [0.15, 0.2) is 10.6 Å². The van der Waals surface area contributed by atoms with Crippen LogP contribution in [0.25, 0.3) is 11.4 Å². The van der Waals surface area contributed by atoms with Gasteiger partial charge in [0.2, 0.25) is 5.91 Å². The Balaban J connectivity index is 1.43. The number of aryl methyl sites for hydroxylation is 3. The minimum atomic E-state index is -0.161. The second-order valence-electron chi connectivity index (χ2n) is 7.73. The minimum Gasteiger partial charge on any atom is -0.325 e. The molecule has 3 aromatic carbocycles. The van der Waals surface area contributed by atoms with Crippen LogP contribution in [0.3, 0.4) is 0 Å². The lowest BCUT2D eigenvalue weighted by Crippen LogP contribution is -2.19. The number of aromatic nitrogens is 3. The molecule has 7 heteroatoms. The molecule has 0 unspecified atom stereocenters. The summed E-state index contributed by atoms with van der Waals surface area (Å²) < 4.78 is 2.13. The van der Waals surface area contributed by atoms with Crippen LogP contribution >= 0.6 is 24.0 Å².